The smallest absolute Gasteiger partial charge is 0.0695 e. The minimum Gasteiger partial charge on any atom is -0.326 e. The largest absolute Gasteiger partial charge is 0.326 e. The molecule has 120 valence electrons. The van der Waals surface area contributed by atoms with Gasteiger partial charge in [-0.15, -0.1) is 12.4 Å². The van der Waals surface area contributed by atoms with Crippen molar-refractivity contribution < 1.29 is 0 Å². The molecule has 2 heterocycles. The van der Waals surface area contributed by atoms with Gasteiger partial charge in [0.05, 0.1) is 11.7 Å². The van der Waals surface area contributed by atoms with E-state index in [1.165, 1.54) is 16.5 Å². The molecule has 2 atom stereocenters. The molecule has 1 aromatic heterocycles. The summed E-state index contributed by atoms with van der Waals surface area (Å²) in [5.74, 6) is 0.419. The van der Waals surface area contributed by atoms with Crippen molar-refractivity contribution in [3.05, 3.63) is 65.9 Å². The van der Waals surface area contributed by atoms with Crippen LogP contribution in [0.15, 0.2) is 54.7 Å². The van der Waals surface area contributed by atoms with Gasteiger partial charge in [-0.2, -0.15) is 5.10 Å². The Hall–Kier alpha value is -1.88. The summed E-state index contributed by atoms with van der Waals surface area (Å²) in [5.41, 5.74) is 10.2. The van der Waals surface area contributed by atoms with Gasteiger partial charge in [0.2, 0.25) is 0 Å². The molecular formula is C18H21ClN4. The van der Waals surface area contributed by atoms with Gasteiger partial charge in [0.1, 0.15) is 0 Å². The topological polar surface area (TPSA) is 57.9 Å². The number of rotatable bonds is 3. The lowest BCUT2D eigenvalue weighted by atomic mass is 9.95. The average molecular weight is 329 g/mol. The van der Waals surface area contributed by atoms with Gasteiger partial charge >= 0.3 is 0 Å². The standard InChI is InChI=1S/C18H20N4.ClH/c19-17-12-22(11-16(17)13-5-2-1-3-6-13)10-15-8-4-7-14-9-20-21-18(14)15;/h1-9,16-17H,10-12,19H2,(H,20,21);1H/t16-,17+;/m0./s1. The van der Waals surface area contributed by atoms with Gasteiger partial charge in [0.25, 0.3) is 0 Å². The summed E-state index contributed by atoms with van der Waals surface area (Å²) in [5, 5.41) is 8.42. The number of nitrogens with one attached hydrogen (secondary N) is 1. The van der Waals surface area contributed by atoms with Crippen LogP contribution in [0.1, 0.15) is 17.0 Å². The fourth-order valence-corrected chi connectivity index (χ4v) is 3.50. The molecule has 0 radical (unpaired) electrons. The summed E-state index contributed by atoms with van der Waals surface area (Å²) in [4.78, 5) is 2.44. The lowest BCUT2D eigenvalue weighted by Crippen LogP contribution is -2.28. The average Bonchev–Trinajstić information content (AvgIpc) is 3.15. The molecule has 3 aromatic rings. The predicted molar refractivity (Wildman–Crippen MR) is 95.8 cm³/mol. The van der Waals surface area contributed by atoms with E-state index in [0.717, 1.165) is 25.2 Å². The monoisotopic (exact) mass is 328 g/mol. The van der Waals surface area contributed by atoms with E-state index in [2.05, 4.69) is 63.6 Å². The first-order chi connectivity index (χ1) is 10.8. The van der Waals surface area contributed by atoms with Crippen LogP contribution in [0.3, 0.4) is 0 Å². The molecule has 1 aliphatic rings. The molecule has 5 heteroatoms. The minimum atomic E-state index is 0. The van der Waals surface area contributed by atoms with E-state index in [1.807, 2.05) is 6.20 Å². The van der Waals surface area contributed by atoms with E-state index in [9.17, 15) is 0 Å². The molecule has 1 aliphatic heterocycles. The van der Waals surface area contributed by atoms with Crippen LogP contribution in [-0.2, 0) is 6.54 Å². The van der Waals surface area contributed by atoms with E-state index in [4.69, 9.17) is 5.73 Å². The van der Waals surface area contributed by atoms with Crippen molar-refractivity contribution in [1.29, 1.82) is 0 Å². The first-order valence-electron chi connectivity index (χ1n) is 7.75. The third kappa shape index (κ3) is 3.11. The second-order valence-electron chi connectivity index (χ2n) is 6.13. The molecule has 23 heavy (non-hydrogen) atoms. The number of hydrogen-bond donors (Lipinski definition) is 2. The van der Waals surface area contributed by atoms with Crippen molar-refractivity contribution >= 4 is 23.3 Å². The lowest BCUT2D eigenvalue weighted by Gasteiger charge is -2.16. The number of para-hydroxylation sites is 1. The van der Waals surface area contributed by atoms with Crippen molar-refractivity contribution in [2.45, 2.75) is 18.5 Å². The maximum absolute atomic E-state index is 6.39. The summed E-state index contributed by atoms with van der Waals surface area (Å²) in [7, 11) is 0. The van der Waals surface area contributed by atoms with Crippen LogP contribution in [0.5, 0.6) is 0 Å². The molecule has 0 aliphatic carbocycles. The van der Waals surface area contributed by atoms with Gasteiger partial charge in [-0.05, 0) is 11.1 Å². The fraction of sp³-hybridized carbons (Fsp3) is 0.278. The normalized spacial score (nSPS) is 21.4. The SMILES string of the molecule is Cl.N[C@@H]1CN(Cc2cccc3cn[nH]c23)C[C@H]1c1ccccc1. The molecule has 0 amide bonds. The minimum absolute atomic E-state index is 0. The highest BCUT2D eigenvalue weighted by Crippen LogP contribution is 2.28. The number of benzene rings is 2. The maximum Gasteiger partial charge on any atom is 0.0695 e. The van der Waals surface area contributed by atoms with Crippen LogP contribution < -0.4 is 5.73 Å². The zero-order chi connectivity index (χ0) is 14.9. The Balaban J connectivity index is 0.00000156. The molecule has 0 spiro atoms. The van der Waals surface area contributed by atoms with Crippen molar-refractivity contribution in [2.24, 2.45) is 5.73 Å². The Morgan fingerprint density at radius 3 is 2.74 bits per heavy atom. The van der Waals surface area contributed by atoms with Gasteiger partial charge in [0, 0.05) is 37.0 Å². The van der Waals surface area contributed by atoms with Crippen molar-refractivity contribution in [1.82, 2.24) is 15.1 Å². The van der Waals surface area contributed by atoms with Crippen molar-refractivity contribution in [3.8, 4) is 0 Å². The second kappa shape index (κ2) is 6.71. The molecule has 0 saturated carbocycles. The van der Waals surface area contributed by atoms with Gasteiger partial charge in [-0.1, -0.05) is 48.5 Å². The summed E-state index contributed by atoms with van der Waals surface area (Å²) in [6, 6.07) is 17.2. The van der Waals surface area contributed by atoms with Crippen LogP contribution >= 0.6 is 12.4 Å². The van der Waals surface area contributed by atoms with Crippen LogP contribution in [0, 0.1) is 0 Å². The van der Waals surface area contributed by atoms with Crippen molar-refractivity contribution in [3.63, 3.8) is 0 Å². The predicted octanol–water partition coefficient (Wildman–Crippen LogP) is 2.91. The number of hydrogen-bond acceptors (Lipinski definition) is 3. The molecule has 1 fully saturated rings. The maximum atomic E-state index is 6.39. The molecule has 1 saturated heterocycles. The highest BCUT2D eigenvalue weighted by Gasteiger charge is 2.31. The van der Waals surface area contributed by atoms with Crippen LogP contribution in [0.4, 0.5) is 0 Å². The Morgan fingerprint density at radius 2 is 1.91 bits per heavy atom. The van der Waals surface area contributed by atoms with E-state index < -0.39 is 0 Å². The molecule has 3 N–H and O–H groups in total. The van der Waals surface area contributed by atoms with Gasteiger partial charge < -0.3 is 5.73 Å². The van der Waals surface area contributed by atoms with Crippen LogP contribution in [0.2, 0.25) is 0 Å². The first kappa shape index (κ1) is 16.0. The Bertz CT molecular complexity index is 771. The lowest BCUT2D eigenvalue weighted by molar-refractivity contribution is 0.325. The molecule has 0 bridgehead atoms. The number of fused-ring (bicyclic) bond motifs is 1. The Kier molecular flexibility index (Phi) is 4.66. The molecule has 4 nitrogen and oxygen atoms in total. The third-order valence-corrected chi connectivity index (χ3v) is 4.63. The van der Waals surface area contributed by atoms with Crippen LogP contribution in [0.25, 0.3) is 10.9 Å². The van der Waals surface area contributed by atoms with Gasteiger partial charge in [-0.3, -0.25) is 10.00 Å². The third-order valence-electron chi connectivity index (χ3n) is 4.63. The summed E-state index contributed by atoms with van der Waals surface area (Å²) in [6.07, 6.45) is 1.88. The summed E-state index contributed by atoms with van der Waals surface area (Å²) >= 11 is 0. The number of nitrogens with two attached hydrogens (primary N) is 1. The number of H-pyrrole nitrogens is 1. The van der Waals surface area contributed by atoms with Gasteiger partial charge in [-0.25, -0.2) is 0 Å². The zero-order valence-electron chi connectivity index (χ0n) is 12.9. The highest BCUT2D eigenvalue weighted by molar-refractivity contribution is 5.85. The second-order valence-corrected chi connectivity index (χ2v) is 6.13. The molecule has 0 unspecified atom stereocenters. The molecule has 4 rings (SSSR count). The Labute approximate surface area is 142 Å². The highest BCUT2D eigenvalue weighted by atomic mass is 35.5. The van der Waals surface area contributed by atoms with E-state index >= 15 is 0 Å². The van der Waals surface area contributed by atoms with Gasteiger partial charge in [0.15, 0.2) is 0 Å². The summed E-state index contributed by atoms with van der Waals surface area (Å²) < 4.78 is 0. The number of nitrogens with zero attached hydrogens (tertiary/aromatic N) is 2. The van der Waals surface area contributed by atoms with Crippen LogP contribution in [-0.4, -0.2) is 34.2 Å². The van der Waals surface area contributed by atoms with Crippen molar-refractivity contribution in [2.75, 3.05) is 13.1 Å². The molecule has 2 aromatic carbocycles. The summed E-state index contributed by atoms with van der Waals surface area (Å²) in [6.45, 7) is 2.86. The van der Waals surface area contributed by atoms with E-state index in [0.29, 0.717) is 5.92 Å². The number of likely N-dealkylation sites (tertiary alicyclic amines) is 1. The van der Waals surface area contributed by atoms with E-state index in [1.54, 1.807) is 0 Å². The van der Waals surface area contributed by atoms with E-state index in [-0.39, 0.29) is 18.4 Å². The zero-order valence-corrected chi connectivity index (χ0v) is 13.7. The molecular weight excluding hydrogens is 308 g/mol. The number of halogens is 1. The first-order valence-corrected chi connectivity index (χ1v) is 7.75. The quantitative estimate of drug-likeness (QED) is 0.777. The number of aromatic amines is 1. The Morgan fingerprint density at radius 1 is 1.09 bits per heavy atom. The fourth-order valence-electron chi connectivity index (χ4n) is 3.50. The number of aromatic nitrogens is 2.